The van der Waals surface area contributed by atoms with Crippen molar-refractivity contribution in [1.82, 2.24) is 0 Å². The quantitative estimate of drug-likeness (QED) is 0.849. The van der Waals surface area contributed by atoms with E-state index in [0.717, 1.165) is 18.5 Å². The van der Waals surface area contributed by atoms with Gasteiger partial charge in [0.2, 0.25) is 0 Å². The number of rotatable bonds is 3. The molecule has 1 aromatic rings. The van der Waals surface area contributed by atoms with Crippen molar-refractivity contribution in [2.24, 2.45) is 0 Å². The molecule has 3 heteroatoms. The fourth-order valence-electron chi connectivity index (χ4n) is 2.34. The summed E-state index contributed by atoms with van der Waals surface area (Å²) in [4.78, 5) is 0. The summed E-state index contributed by atoms with van der Waals surface area (Å²) in [6.07, 6.45) is 4.86. The van der Waals surface area contributed by atoms with E-state index in [1.165, 1.54) is 25.0 Å². The number of methoxy groups -OCH3 is 1. The SMILES string of the molecule is COC1CCCCC1Nc1cccc(F)c1. The van der Waals surface area contributed by atoms with Crippen LogP contribution in [0.15, 0.2) is 24.3 Å². The van der Waals surface area contributed by atoms with E-state index in [4.69, 9.17) is 4.74 Å². The molecule has 0 aromatic heterocycles. The van der Waals surface area contributed by atoms with E-state index in [1.54, 1.807) is 13.2 Å². The van der Waals surface area contributed by atoms with Gasteiger partial charge in [-0.2, -0.15) is 0 Å². The summed E-state index contributed by atoms with van der Waals surface area (Å²) >= 11 is 0. The van der Waals surface area contributed by atoms with Crippen molar-refractivity contribution in [1.29, 1.82) is 0 Å². The standard InChI is InChI=1S/C13H18FNO/c1-16-13-8-3-2-7-12(13)15-11-6-4-5-10(14)9-11/h4-6,9,12-13,15H,2-3,7-8H2,1H3. The molecule has 1 saturated carbocycles. The first-order chi connectivity index (χ1) is 7.79. The van der Waals surface area contributed by atoms with Gasteiger partial charge in [-0.3, -0.25) is 0 Å². The van der Waals surface area contributed by atoms with Crippen LogP contribution in [0.2, 0.25) is 0 Å². The van der Waals surface area contributed by atoms with Gasteiger partial charge in [0.05, 0.1) is 12.1 Å². The van der Waals surface area contributed by atoms with E-state index in [0.29, 0.717) is 6.04 Å². The van der Waals surface area contributed by atoms with Crippen molar-refractivity contribution in [3.8, 4) is 0 Å². The summed E-state index contributed by atoms with van der Waals surface area (Å²) in [5.41, 5.74) is 0.842. The summed E-state index contributed by atoms with van der Waals surface area (Å²) in [5.74, 6) is -0.199. The molecule has 1 aromatic carbocycles. The monoisotopic (exact) mass is 223 g/mol. The highest BCUT2D eigenvalue weighted by atomic mass is 19.1. The van der Waals surface area contributed by atoms with Crippen LogP contribution in [-0.2, 0) is 4.74 Å². The van der Waals surface area contributed by atoms with Crippen molar-refractivity contribution < 1.29 is 9.13 Å². The lowest BCUT2D eigenvalue weighted by Gasteiger charge is -2.31. The maximum absolute atomic E-state index is 13.0. The van der Waals surface area contributed by atoms with Gasteiger partial charge < -0.3 is 10.1 Å². The Hall–Kier alpha value is -1.09. The number of hydrogen-bond donors (Lipinski definition) is 1. The lowest BCUT2D eigenvalue weighted by Crippen LogP contribution is -2.37. The average Bonchev–Trinajstić information content (AvgIpc) is 2.30. The van der Waals surface area contributed by atoms with Gasteiger partial charge in [-0.05, 0) is 31.0 Å². The average molecular weight is 223 g/mol. The first-order valence-corrected chi connectivity index (χ1v) is 5.84. The maximum atomic E-state index is 13.0. The van der Waals surface area contributed by atoms with Crippen molar-refractivity contribution in [2.45, 2.75) is 37.8 Å². The number of nitrogens with one attached hydrogen (secondary N) is 1. The molecule has 1 N–H and O–H groups in total. The number of halogens is 1. The molecule has 1 aliphatic carbocycles. The van der Waals surface area contributed by atoms with E-state index in [1.807, 2.05) is 6.07 Å². The second-order valence-electron chi connectivity index (χ2n) is 4.32. The van der Waals surface area contributed by atoms with Crippen LogP contribution in [0.5, 0.6) is 0 Å². The van der Waals surface area contributed by atoms with E-state index >= 15 is 0 Å². The Labute approximate surface area is 95.8 Å². The van der Waals surface area contributed by atoms with Crippen LogP contribution in [0.1, 0.15) is 25.7 Å². The highest BCUT2D eigenvalue weighted by Gasteiger charge is 2.24. The molecule has 1 aliphatic rings. The summed E-state index contributed by atoms with van der Waals surface area (Å²) in [6.45, 7) is 0. The highest BCUT2D eigenvalue weighted by molar-refractivity contribution is 5.44. The first-order valence-electron chi connectivity index (χ1n) is 5.84. The molecule has 0 saturated heterocycles. The van der Waals surface area contributed by atoms with E-state index in [-0.39, 0.29) is 11.9 Å². The molecule has 2 unspecified atom stereocenters. The fourth-order valence-corrected chi connectivity index (χ4v) is 2.34. The summed E-state index contributed by atoms with van der Waals surface area (Å²) < 4.78 is 18.5. The lowest BCUT2D eigenvalue weighted by atomic mass is 9.92. The number of anilines is 1. The Morgan fingerprint density at radius 2 is 2.12 bits per heavy atom. The topological polar surface area (TPSA) is 21.3 Å². The van der Waals surface area contributed by atoms with Crippen LogP contribution >= 0.6 is 0 Å². The maximum Gasteiger partial charge on any atom is 0.125 e. The number of ether oxygens (including phenoxy) is 1. The largest absolute Gasteiger partial charge is 0.380 e. The second-order valence-corrected chi connectivity index (χ2v) is 4.32. The molecule has 0 heterocycles. The van der Waals surface area contributed by atoms with E-state index in [9.17, 15) is 4.39 Å². The van der Waals surface area contributed by atoms with Gasteiger partial charge in [0.1, 0.15) is 5.82 Å². The van der Waals surface area contributed by atoms with Crippen LogP contribution in [0.3, 0.4) is 0 Å². The van der Waals surface area contributed by atoms with Crippen LogP contribution in [0.25, 0.3) is 0 Å². The molecule has 0 amide bonds. The third-order valence-electron chi connectivity index (χ3n) is 3.18. The smallest absolute Gasteiger partial charge is 0.125 e. The van der Waals surface area contributed by atoms with Crippen molar-refractivity contribution in [2.75, 3.05) is 12.4 Å². The van der Waals surface area contributed by atoms with Gasteiger partial charge in [-0.15, -0.1) is 0 Å². The van der Waals surface area contributed by atoms with Gasteiger partial charge >= 0.3 is 0 Å². The molecular weight excluding hydrogens is 205 g/mol. The van der Waals surface area contributed by atoms with Crippen LogP contribution in [-0.4, -0.2) is 19.3 Å². The molecule has 2 rings (SSSR count). The molecule has 0 bridgehead atoms. The zero-order valence-corrected chi connectivity index (χ0v) is 9.58. The Bertz CT molecular complexity index is 342. The molecule has 0 spiro atoms. The van der Waals surface area contributed by atoms with Crippen LogP contribution in [0.4, 0.5) is 10.1 Å². The third kappa shape index (κ3) is 2.73. The van der Waals surface area contributed by atoms with Crippen LogP contribution < -0.4 is 5.32 Å². The minimum Gasteiger partial charge on any atom is -0.380 e. The Morgan fingerprint density at radius 1 is 1.31 bits per heavy atom. The predicted molar refractivity (Wildman–Crippen MR) is 63.1 cm³/mol. The molecule has 16 heavy (non-hydrogen) atoms. The van der Waals surface area contributed by atoms with Crippen molar-refractivity contribution >= 4 is 5.69 Å². The van der Waals surface area contributed by atoms with E-state index < -0.39 is 0 Å². The van der Waals surface area contributed by atoms with Crippen molar-refractivity contribution in [3.05, 3.63) is 30.1 Å². The third-order valence-corrected chi connectivity index (χ3v) is 3.18. The fraction of sp³-hybridized carbons (Fsp3) is 0.538. The minimum atomic E-state index is -0.199. The van der Waals surface area contributed by atoms with Crippen LogP contribution in [0, 0.1) is 5.82 Å². The summed E-state index contributed by atoms with van der Waals surface area (Å²) in [5, 5.41) is 3.36. The molecule has 1 fully saturated rings. The lowest BCUT2D eigenvalue weighted by molar-refractivity contribution is 0.0606. The first kappa shape index (κ1) is 11.4. The molecule has 2 atom stereocenters. The van der Waals surface area contributed by atoms with Gasteiger partial charge in [0.15, 0.2) is 0 Å². The van der Waals surface area contributed by atoms with Gasteiger partial charge in [0.25, 0.3) is 0 Å². The Balaban J connectivity index is 2.02. The van der Waals surface area contributed by atoms with Gasteiger partial charge in [-0.25, -0.2) is 4.39 Å². The molecule has 88 valence electrons. The molecule has 0 radical (unpaired) electrons. The zero-order valence-electron chi connectivity index (χ0n) is 9.58. The van der Waals surface area contributed by atoms with Crippen molar-refractivity contribution in [3.63, 3.8) is 0 Å². The molecule has 2 nitrogen and oxygen atoms in total. The summed E-state index contributed by atoms with van der Waals surface area (Å²) in [6, 6.07) is 6.91. The molecular formula is C13H18FNO. The minimum absolute atomic E-state index is 0.199. The zero-order chi connectivity index (χ0) is 11.4. The second kappa shape index (κ2) is 5.30. The van der Waals surface area contributed by atoms with Gasteiger partial charge in [-0.1, -0.05) is 18.9 Å². The number of hydrogen-bond acceptors (Lipinski definition) is 2. The molecule has 0 aliphatic heterocycles. The summed E-state index contributed by atoms with van der Waals surface area (Å²) in [7, 11) is 1.75. The Morgan fingerprint density at radius 3 is 2.88 bits per heavy atom. The van der Waals surface area contributed by atoms with E-state index in [2.05, 4.69) is 5.32 Å². The number of benzene rings is 1. The highest BCUT2D eigenvalue weighted by Crippen LogP contribution is 2.24. The van der Waals surface area contributed by atoms with Gasteiger partial charge in [0, 0.05) is 12.8 Å². The normalized spacial score (nSPS) is 25.4. The predicted octanol–water partition coefficient (Wildman–Crippen LogP) is 3.20. The Kier molecular flexibility index (Phi) is 3.78.